The van der Waals surface area contributed by atoms with Crippen LogP contribution in [0, 0.1) is 35.5 Å². The largest absolute Gasteiger partial charge is 0.346 e. The Bertz CT molecular complexity index is 1460. The minimum atomic E-state index is -1.17. The molecule has 13 heteroatoms. The second-order valence-electron chi connectivity index (χ2n) is 14.7. The van der Waals surface area contributed by atoms with E-state index in [0.29, 0.717) is 6.54 Å². The van der Waals surface area contributed by atoms with Crippen molar-refractivity contribution in [3.8, 4) is 12.3 Å². The van der Waals surface area contributed by atoms with Crippen molar-refractivity contribution in [2.45, 2.75) is 109 Å². The Morgan fingerprint density at radius 3 is 2.40 bits per heavy atom. The number of rotatable bonds is 14. The molecule has 50 heavy (non-hydrogen) atoms. The van der Waals surface area contributed by atoms with Gasteiger partial charge in [-0.05, 0) is 55.3 Å². The van der Waals surface area contributed by atoms with Crippen LogP contribution in [0.2, 0.25) is 0 Å². The number of nitrogens with one attached hydrogen (secondary N) is 4. The van der Waals surface area contributed by atoms with Gasteiger partial charge >= 0.3 is 0 Å². The first-order valence-electron chi connectivity index (χ1n) is 17.7. The lowest BCUT2D eigenvalue weighted by Gasteiger charge is -2.38. The van der Waals surface area contributed by atoms with E-state index < -0.39 is 64.9 Å². The molecule has 270 valence electrons. The van der Waals surface area contributed by atoms with Gasteiger partial charge in [-0.25, -0.2) is 4.98 Å². The number of nitrogens with zero attached hydrogens (tertiary/aromatic N) is 3. The molecule has 2 aliphatic carbocycles. The van der Waals surface area contributed by atoms with Gasteiger partial charge in [-0.15, -0.1) is 18.9 Å². The highest BCUT2D eigenvalue weighted by atomic mass is 16.2. The van der Waals surface area contributed by atoms with Crippen LogP contribution in [0.15, 0.2) is 31.2 Å². The van der Waals surface area contributed by atoms with Gasteiger partial charge in [0.2, 0.25) is 23.5 Å². The molecule has 13 nitrogen and oxygen atoms in total. The summed E-state index contributed by atoms with van der Waals surface area (Å²) < 4.78 is 0. The van der Waals surface area contributed by atoms with Crippen LogP contribution in [0.25, 0.3) is 0 Å². The van der Waals surface area contributed by atoms with E-state index in [9.17, 15) is 28.8 Å². The molecule has 1 unspecified atom stereocenters. The monoisotopic (exact) mass is 689 g/mol. The number of amides is 5. The quantitative estimate of drug-likeness (QED) is 0.130. The normalized spacial score (nSPS) is 22.2. The van der Waals surface area contributed by atoms with E-state index in [1.165, 1.54) is 29.6 Å². The van der Waals surface area contributed by atoms with Crippen molar-refractivity contribution in [3.05, 3.63) is 36.9 Å². The second-order valence-corrected chi connectivity index (χ2v) is 14.7. The zero-order valence-electron chi connectivity index (χ0n) is 29.4. The number of carbonyl (C=O) groups excluding carboxylic acids is 6. The van der Waals surface area contributed by atoms with Gasteiger partial charge in [0, 0.05) is 31.9 Å². The molecule has 0 bridgehead atoms. The van der Waals surface area contributed by atoms with Crippen LogP contribution < -0.4 is 21.3 Å². The van der Waals surface area contributed by atoms with E-state index in [2.05, 4.69) is 43.7 Å². The number of terminal acetylenes is 1. The lowest BCUT2D eigenvalue weighted by molar-refractivity contribution is -0.146. The maximum atomic E-state index is 14.6. The average Bonchev–Trinajstić information content (AvgIpc) is 3.71. The predicted octanol–water partition coefficient (Wildman–Crippen LogP) is 2.08. The second kappa shape index (κ2) is 17.4. The highest BCUT2D eigenvalue weighted by molar-refractivity contribution is 6.38. The summed E-state index contributed by atoms with van der Waals surface area (Å²) in [6, 6.07) is -4.02. The van der Waals surface area contributed by atoms with E-state index in [4.69, 9.17) is 6.42 Å². The van der Waals surface area contributed by atoms with Gasteiger partial charge in [-0.3, -0.25) is 33.8 Å². The molecule has 6 atom stereocenters. The number of hydrogen-bond donors (Lipinski definition) is 4. The number of Topliss-reactive ketones (excluding diaryl/α,β-unsaturated/α-hetero) is 1. The van der Waals surface area contributed by atoms with Crippen molar-refractivity contribution in [1.29, 1.82) is 0 Å². The highest BCUT2D eigenvalue weighted by Gasteiger charge is 2.52. The van der Waals surface area contributed by atoms with E-state index >= 15 is 0 Å². The van der Waals surface area contributed by atoms with Gasteiger partial charge < -0.3 is 26.2 Å². The third-order valence-electron chi connectivity index (χ3n) is 10.2. The van der Waals surface area contributed by atoms with Gasteiger partial charge in [0.25, 0.3) is 11.8 Å². The number of likely N-dealkylation sites (tertiary alicyclic amines) is 1. The van der Waals surface area contributed by atoms with Crippen LogP contribution in [0.3, 0.4) is 0 Å². The van der Waals surface area contributed by atoms with Crippen LogP contribution in [-0.2, 0) is 24.0 Å². The van der Waals surface area contributed by atoms with Crippen molar-refractivity contribution >= 4 is 35.3 Å². The number of aromatic nitrogens is 2. The first kappa shape index (κ1) is 38.2. The minimum absolute atomic E-state index is 0.0564. The summed E-state index contributed by atoms with van der Waals surface area (Å²) in [5.74, 6) is -1.40. The summed E-state index contributed by atoms with van der Waals surface area (Å²) >= 11 is 0. The molecule has 1 aromatic rings. The maximum Gasteiger partial charge on any atom is 0.289 e. The Labute approximate surface area is 294 Å². The molecular formula is C37H51N7O6. The van der Waals surface area contributed by atoms with Gasteiger partial charge in [0.15, 0.2) is 0 Å². The molecular weight excluding hydrogens is 638 g/mol. The van der Waals surface area contributed by atoms with Gasteiger partial charge in [0.1, 0.15) is 23.8 Å². The van der Waals surface area contributed by atoms with Gasteiger partial charge in [-0.2, -0.15) is 0 Å². The molecule has 4 rings (SSSR count). The fourth-order valence-corrected chi connectivity index (χ4v) is 7.58. The van der Waals surface area contributed by atoms with Crippen LogP contribution in [-0.4, -0.2) is 87.4 Å². The highest BCUT2D eigenvalue weighted by Crippen LogP contribution is 2.43. The summed E-state index contributed by atoms with van der Waals surface area (Å²) in [6.45, 7) is 9.46. The summed E-state index contributed by atoms with van der Waals surface area (Å²) in [7, 11) is 0. The average molecular weight is 690 g/mol. The first-order chi connectivity index (χ1) is 23.9. The summed E-state index contributed by atoms with van der Waals surface area (Å²) in [5.41, 5.74) is -0.689. The molecule has 1 aliphatic heterocycles. The molecule has 2 saturated carbocycles. The van der Waals surface area contributed by atoms with E-state index in [-0.39, 0.29) is 42.8 Å². The fourth-order valence-electron chi connectivity index (χ4n) is 7.58. The predicted molar refractivity (Wildman–Crippen MR) is 186 cm³/mol. The Balaban J connectivity index is 1.58. The standard InChI is InChI=1S/C37H51N7O6/c1-6-8-17-26(30(45)35(49)40-18-7-2)41-34(48)29-25-16-12-15-24(25)22-44(29)36(50)31(37(3,4)5)43-33(47)28(23-13-10-9-11-14-23)42-32(46)27-21-38-19-20-39-27/h1,7,19-21,23-26,28-29,31H,2,8-18,22H2,3-5H3,(H,40,49)(H,41,48)(H,42,46)(H,43,47)/t24-,25-,26?,28-,29-,31+/m0/s1. The number of carbonyl (C=O) groups is 6. The Morgan fingerprint density at radius 2 is 1.76 bits per heavy atom. The van der Waals surface area contributed by atoms with Crippen molar-refractivity contribution in [2.24, 2.45) is 23.2 Å². The summed E-state index contributed by atoms with van der Waals surface area (Å²) in [4.78, 5) is 91.2. The Morgan fingerprint density at radius 1 is 1.02 bits per heavy atom. The molecule has 1 saturated heterocycles. The Hall–Kier alpha value is -4.60. The summed E-state index contributed by atoms with van der Waals surface area (Å²) in [6.07, 6.45) is 18.1. The molecule has 0 spiro atoms. The number of fused-ring (bicyclic) bond motifs is 1. The third-order valence-corrected chi connectivity index (χ3v) is 10.2. The van der Waals surface area contributed by atoms with Gasteiger partial charge in [-0.1, -0.05) is 52.5 Å². The molecule has 3 fully saturated rings. The third kappa shape index (κ3) is 9.34. The van der Waals surface area contributed by atoms with E-state index in [0.717, 1.165) is 51.4 Å². The van der Waals surface area contributed by atoms with Crippen molar-refractivity contribution in [1.82, 2.24) is 36.1 Å². The number of ketones is 1. The molecule has 1 aromatic heterocycles. The molecule has 3 aliphatic rings. The maximum absolute atomic E-state index is 14.6. The lowest BCUT2D eigenvalue weighted by atomic mass is 9.82. The van der Waals surface area contributed by atoms with Crippen molar-refractivity contribution < 1.29 is 28.8 Å². The van der Waals surface area contributed by atoms with Crippen LogP contribution in [0.5, 0.6) is 0 Å². The lowest BCUT2D eigenvalue weighted by Crippen LogP contribution is -2.62. The zero-order valence-corrected chi connectivity index (χ0v) is 29.4. The van der Waals surface area contributed by atoms with Crippen molar-refractivity contribution in [2.75, 3.05) is 13.1 Å². The van der Waals surface area contributed by atoms with Crippen LogP contribution in [0.1, 0.15) is 95.5 Å². The number of hydrogen-bond acceptors (Lipinski definition) is 8. The van der Waals surface area contributed by atoms with Crippen molar-refractivity contribution in [3.63, 3.8) is 0 Å². The first-order valence-corrected chi connectivity index (χ1v) is 17.7. The van der Waals surface area contributed by atoms with Crippen LogP contribution >= 0.6 is 0 Å². The van der Waals surface area contributed by atoms with Crippen LogP contribution in [0.4, 0.5) is 0 Å². The minimum Gasteiger partial charge on any atom is -0.346 e. The molecule has 4 N–H and O–H groups in total. The molecule has 2 heterocycles. The fraction of sp³-hybridized carbons (Fsp3) is 0.622. The zero-order chi connectivity index (χ0) is 36.4. The van der Waals surface area contributed by atoms with Gasteiger partial charge in [0.05, 0.1) is 12.2 Å². The Kier molecular flexibility index (Phi) is 13.3. The topological polar surface area (TPSA) is 180 Å². The SMILES string of the molecule is C#CCCC(NC(=O)[C@@H]1[C@H]2CCC[C@H]2CN1C(=O)[C@@H](NC(=O)[C@@H](NC(=O)c1cnccn1)C1CCCCC1)C(C)(C)C)C(=O)C(=O)NCC=C. The van der Waals surface area contributed by atoms with E-state index in [1.54, 1.807) is 0 Å². The molecule has 5 amide bonds. The molecule has 0 radical (unpaired) electrons. The van der Waals surface area contributed by atoms with E-state index in [1.807, 2.05) is 20.8 Å². The smallest absolute Gasteiger partial charge is 0.289 e. The summed E-state index contributed by atoms with van der Waals surface area (Å²) in [5, 5.41) is 11.1. The molecule has 0 aromatic carbocycles.